The Bertz CT molecular complexity index is 3100. The van der Waals surface area contributed by atoms with Crippen LogP contribution in [0.2, 0.25) is 0 Å². The molecule has 0 aliphatic heterocycles. The smallest absolute Gasteiger partial charge is 0.101 e. The van der Waals surface area contributed by atoms with Crippen molar-refractivity contribution in [1.29, 1.82) is 0 Å². The predicted octanol–water partition coefficient (Wildman–Crippen LogP) is 21.8. The van der Waals surface area contributed by atoms with Crippen LogP contribution >= 0.6 is 22.7 Å². The molecule has 0 saturated carbocycles. The first-order valence-corrected chi connectivity index (χ1v) is 31.4. The van der Waals surface area contributed by atoms with Gasteiger partial charge in [-0.15, -0.1) is 22.7 Å². The van der Waals surface area contributed by atoms with E-state index in [-0.39, 0.29) is 0 Å². The zero-order chi connectivity index (χ0) is 52.1. The molecule has 0 saturated heterocycles. The zero-order valence-electron chi connectivity index (χ0n) is 46.3. The highest BCUT2D eigenvalue weighted by Gasteiger charge is 2.19. The average molecular weight is 1040 g/mol. The second kappa shape index (κ2) is 26.5. The molecule has 0 spiro atoms. The van der Waals surface area contributed by atoms with Gasteiger partial charge in [-0.2, -0.15) is 0 Å². The molecule has 0 radical (unpaired) electrons. The number of rotatable bonds is 29. The van der Waals surface area contributed by atoms with Crippen molar-refractivity contribution in [2.24, 2.45) is 0 Å². The van der Waals surface area contributed by atoms with Crippen molar-refractivity contribution in [3.8, 4) is 42.3 Å². The van der Waals surface area contributed by atoms with Crippen molar-refractivity contribution in [1.82, 2.24) is 19.1 Å². The summed E-state index contributed by atoms with van der Waals surface area (Å²) in [5, 5.41) is 7.99. The molecule has 0 atom stereocenters. The topological polar surface area (TPSA) is 35.6 Å². The molecule has 6 heteroatoms. The summed E-state index contributed by atoms with van der Waals surface area (Å²) in [7, 11) is 0. The molecule has 0 aliphatic rings. The summed E-state index contributed by atoms with van der Waals surface area (Å²) in [5.74, 6) is 0. The lowest BCUT2D eigenvalue weighted by Crippen LogP contribution is -1.91. The van der Waals surface area contributed by atoms with Gasteiger partial charge in [-0.05, 0) is 182 Å². The second-order valence-corrected chi connectivity index (χ2v) is 24.0. The minimum Gasteiger partial charge on any atom is -0.301 e. The second-order valence-electron chi connectivity index (χ2n) is 21.9. The minimum absolute atomic E-state index is 0.886. The first-order valence-electron chi connectivity index (χ1n) is 29.8. The molecule has 0 fully saturated rings. The highest BCUT2D eigenvalue weighted by molar-refractivity contribution is 7.18. The van der Waals surface area contributed by atoms with Crippen molar-refractivity contribution >= 4 is 66.3 Å². The number of pyridine rings is 2. The van der Waals surface area contributed by atoms with E-state index in [1.807, 2.05) is 35.1 Å². The van der Waals surface area contributed by atoms with E-state index in [2.05, 4.69) is 158 Å². The molecule has 0 amide bonds. The number of nitrogens with zero attached hydrogens (tertiary/aromatic N) is 4. The zero-order valence-corrected chi connectivity index (χ0v) is 47.9. The molecule has 0 aliphatic carbocycles. The Balaban J connectivity index is 0.915. The molecule has 4 nitrogen and oxygen atoms in total. The maximum Gasteiger partial charge on any atom is 0.101 e. The SMILES string of the molecule is CCCCCCCc1ccc2c(c1)c1cc(CCCCCCC)ccc1n2-c1ccc(-c2ccnc(-c3cc(-c4ccc(-n5c6ccc(CCCCCCC)cc6c6cc(CCCCCCC)ccc65)s4)ccn3)c2)s1. The van der Waals surface area contributed by atoms with Gasteiger partial charge in [0.1, 0.15) is 10.0 Å². The minimum atomic E-state index is 0.886. The Morgan fingerprint density at radius 2 is 0.618 bits per heavy atom. The third-order valence-corrected chi connectivity index (χ3v) is 18.3. The number of benzene rings is 4. The molecule has 4 aromatic carbocycles. The van der Waals surface area contributed by atoms with Crippen LogP contribution in [0, 0.1) is 0 Å². The quantitative estimate of drug-likeness (QED) is 0.0438. The summed E-state index contributed by atoms with van der Waals surface area (Å²) in [4.78, 5) is 12.3. The standard InChI is InChI=1S/C70H82N4S2/c1-5-9-13-17-21-25-51-29-33-63-57(45-51)58-46-52(26-22-18-14-10-6-2)30-34-64(58)73(63)69-39-37-67(75-69)55-41-43-71-61(49-55)62-50-56(42-44-72-62)68-38-40-70(76-68)74-65-35-31-53(27-23-19-15-11-7-3)47-59(65)60-48-54(32-36-66(60)74)28-24-20-16-12-8-4/h29-50H,5-28H2,1-4H3. The number of fused-ring (bicyclic) bond motifs is 6. The number of hydrogen-bond donors (Lipinski definition) is 0. The number of aromatic nitrogens is 4. The van der Waals surface area contributed by atoms with Crippen LogP contribution in [0.3, 0.4) is 0 Å². The van der Waals surface area contributed by atoms with E-state index in [1.54, 1.807) is 0 Å². The normalized spacial score (nSPS) is 11.9. The lowest BCUT2D eigenvalue weighted by molar-refractivity contribution is 0.632. The van der Waals surface area contributed by atoms with Gasteiger partial charge in [0.25, 0.3) is 0 Å². The fourth-order valence-corrected chi connectivity index (χ4v) is 13.8. The van der Waals surface area contributed by atoms with Crippen molar-refractivity contribution in [3.05, 3.63) is 156 Å². The van der Waals surface area contributed by atoms with E-state index < -0.39 is 0 Å². The molecule has 0 bridgehead atoms. The highest BCUT2D eigenvalue weighted by atomic mass is 32.1. The lowest BCUT2D eigenvalue weighted by Gasteiger charge is -2.07. The Kier molecular flexibility index (Phi) is 18.7. The van der Waals surface area contributed by atoms with Crippen molar-refractivity contribution < 1.29 is 0 Å². The van der Waals surface area contributed by atoms with E-state index in [0.717, 1.165) is 48.2 Å². The molecule has 76 heavy (non-hydrogen) atoms. The van der Waals surface area contributed by atoms with Gasteiger partial charge in [-0.25, -0.2) is 0 Å². The van der Waals surface area contributed by atoms with E-state index >= 15 is 0 Å². The summed E-state index contributed by atoms with van der Waals surface area (Å²) in [6.07, 6.45) is 34.6. The van der Waals surface area contributed by atoms with Crippen LogP contribution in [0.25, 0.3) is 85.9 Å². The van der Waals surface area contributed by atoms with Crippen LogP contribution in [0.5, 0.6) is 0 Å². The lowest BCUT2D eigenvalue weighted by atomic mass is 10.0. The summed E-state index contributed by atoms with van der Waals surface area (Å²) in [5.41, 5.74) is 15.1. The van der Waals surface area contributed by atoms with Gasteiger partial charge < -0.3 is 9.13 Å². The van der Waals surface area contributed by atoms with E-state index in [1.165, 1.54) is 214 Å². The Hall–Kier alpha value is -5.82. The van der Waals surface area contributed by atoms with Crippen molar-refractivity contribution in [2.45, 2.75) is 182 Å². The Morgan fingerprint density at radius 3 is 0.921 bits per heavy atom. The van der Waals surface area contributed by atoms with Crippen LogP contribution in [-0.2, 0) is 25.7 Å². The van der Waals surface area contributed by atoms with Crippen molar-refractivity contribution in [3.63, 3.8) is 0 Å². The van der Waals surface area contributed by atoms with Gasteiger partial charge >= 0.3 is 0 Å². The summed E-state index contributed by atoms with van der Waals surface area (Å²) in [6, 6.07) is 47.1. The van der Waals surface area contributed by atoms with Gasteiger partial charge in [0.15, 0.2) is 0 Å². The molecule has 10 aromatic rings. The van der Waals surface area contributed by atoms with E-state index in [4.69, 9.17) is 9.97 Å². The number of hydrogen-bond acceptors (Lipinski definition) is 4. The summed E-state index contributed by atoms with van der Waals surface area (Å²) in [6.45, 7) is 9.19. The number of thiophene rings is 2. The monoisotopic (exact) mass is 1040 g/mol. The molecule has 6 heterocycles. The van der Waals surface area contributed by atoms with Gasteiger partial charge in [-0.3, -0.25) is 9.97 Å². The van der Waals surface area contributed by atoms with Crippen LogP contribution < -0.4 is 0 Å². The van der Waals surface area contributed by atoms with Gasteiger partial charge in [0.05, 0.1) is 33.5 Å². The van der Waals surface area contributed by atoms with Gasteiger partial charge in [0, 0.05) is 43.7 Å². The van der Waals surface area contributed by atoms with Crippen LogP contribution in [0.15, 0.2) is 134 Å². The van der Waals surface area contributed by atoms with Gasteiger partial charge in [0.2, 0.25) is 0 Å². The molecule has 394 valence electrons. The predicted molar refractivity (Wildman–Crippen MR) is 333 cm³/mol. The molecular formula is C70H82N4S2. The third-order valence-electron chi connectivity index (χ3n) is 16.0. The van der Waals surface area contributed by atoms with E-state index in [0.29, 0.717) is 0 Å². The van der Waals surface area contributed by atoms with Crippen LogP contribution in [-0.4, -0.2) is 19.1 Å². The largest absolute Gasteiger partial charge is 0.301 e. The third kappa shape index (κ3) is 12.6. The Morgan fingerprint density at radius 1 is 0.316 bits per heavy atom. The Labute approximate surface area is 462 Å². The van der Waals surface area contributed by atoms with Crippen molar-refractivity contribution in [2.75, 3.05) is 0 Å². The van der Waals surface area contributed by atoms with E-state index in [9.17, 15) is 0 Å². The maximum absolute atomic E-state index is 4.92. The molecule has 10 rings (SSSR count). The molecule has 0 unspecified atom stereocenters. The average Bonchev–Trinajstić information content (AvgIpc) is 4.28. The first kappa shape index (κ1) is 53.6. The highest BCUT2D eigenvalue weighted by Crippen LogP contribution is 2.41. The maximum atomic E-state index is 4.92. The molecule has 6 aromatic heterocycles. The molecule has 0 N–H and O–H groups in total. The molecular weight excluding hydrogens is 961 g/mol. The number of unbranched alkanes of at least 4 members (excludes halogenated alkanes) is 16. The van der Waals surface area contributed by atoms with Crippen LogP contribution in [0.1, 0.15) is 178 Å². The fraction of sp³-hybridized carbons (Fsp3) is 0.400. The summed E-state index contributed by atoms with van der Waals surface area (Å²) >= 11 is 3.72. The van der Waals surface area contributed by atoms with Gasteiger partial charge in [-0.1, -0.05) is 155 Å². The van der Waals surface area contributed by atoms with Crippen LogP contribution in [0.4, 0.5) is 0 Å². The first-order chi connectivity index (χ1) is 37.5. The fourth-order valence-electron chi connectivity index (χ4n) is 11.7. The summed E-state index contributed by atoms with van der Waals surface area (Å²) < 4.78 is 5.02. The number of aryl methyl sites for hydroxylation is 4.